The molecule has 3 aromatic carbocycles. The minimum Gasteiger partial charge on any atom is -0.493 e. The summed E-state index contributed by atoms with van der Waals surface area (Å²) in [6, 6.07) is 19.9. The summed E-state index contributed by atoms with van der Waals surface area (Å²) in [7, 11) is 1.62. The van der Waals surface area contributed by atoms with Crippen molar-refractivity contribution in [2.45, 2.75) is 26.5 Å². The molecule has 0 aliphatic carbocycles. The third-order valence-electron chi connectivity index (χ3n) is 6.08. The second-order valence-corrected chi connectivity index (χ2v) is 9.04. The van der Waals surface area contributed by atoms with E-state index in [0.29, 0.717) is 36.0 Å². The summed E-state index contributed by atoms with van der Waals surface area (Å²) in [5, 5.41) is 5.14. The maximum Gasteiger partial charge on any atom is 0.338 e. The molecule has 1 atom stereocenters. The molecule has 7 heteroatoms. The van der Waals surface area contributed by atoms with Crippen LogP contribution in [0.1, 0.15) is 31.0 Å². The number of benzene rings is 3. The van der Waals surface area contributed by atoms with Crippen LogP contribution >= 0.6 is 11.8 Å². The van der Waals surface area contributed by atoms with Crippen LogP contribution in [0.3, 0.4) is 0 Å². The molecule has 0 spiro atoms. The predicted octanol–water partition coefficient (Wildman–Crippen LogP) is 6.20. The van der Waals surface area contributed by atoms with E-state index in [2.05, 4.69) is 29.3 Å². The van der Waals surface area contributed by atoms with E-state index in [0.717, 1.165) is 21.7 Å². The first-order valence-corrected chi connectivity index (χ1v) is 12.3. The van der Waals surface area contributed by atoms with Gasteiger partial charge in [-0.3, -0.25) is 0 Å². The van der Waals surface area contributed by atoms with Crippen molar-refractivity contribution in [1.82, 2.24) is 4.90 Å². The Hall–Kier alpha value is -3.71. The van der Waals surface area contributed by atoms with Crippen LogP contribution in [0, 0.1) is 0 Å². The molecule has 0 aromatic heterocycles. The molecule has 5 rings (SSSR count). The van der Waals surface area contributed by atoms with Gasteiger partial charge in [-0.1, -0.05) is 60.3 Å². The zero-order valence-electron chi connectivity index (χ0n) is 19.9. The maximum atomic E-state index is 12.9. The number of methoxy groups -OCH3 is 1. The van der Waals surface area contributed by atoms with E-state index in [4.69, 9.17) is 14.2 Å². The molecule has 6 nitrogen and oxygen atoms in total. The van der Waals surface area contributed by atoms with Gasteiger partial charge in [0.15, 0.2) is 16.7 Å². The van der Waals surface area contributed by atoms with Gasteiger partial charge in [0.1, 0.15) is 6.61 Å². The molecule has 0 N–H and O–H groups in total. The fourth-order valence-electron chi connectivity index (χ4n) is 4.45. The van der Waals surface area contributed by atoms with Crippen molar-refractivity contribution in [3.8, 4) is 11.5 Å². The molecule has 0 amide bonds. The van der Waals surface area contributed by atoms with Crippen molar-refractivity contribution >= 4 is 33.7 Å². The zero-order valence-corrected chi connectivity index (χ0v) is 20.7. The summed E-state index contributed by atoms with van der Waals surface area (Å²) in [5.74, 6) is 0.875. The fourth-order valence-corrected chi connectivity index (χ4v) is 5.24. The molecule has 2 aliphatic rings. The number of hydrogen-bond acceptors (Lipinski definition) is 7. The number of ether oxygens (including phenoxy) is 3. The first-order chi connectivity index (χ1) is 17.1. The third kappa shape index (κ3) is 4.39. The van der Waals surface area contributed by atoms with Crippen LogP contribution in [0.2, 0.25) is 0 Å². The summed E-state index contributed by atoms with van der Waals surface area (Å²) >= 11 is 1.53. The quantitative estimate of drug-likeness (QED) is 0.371. The smallest absolute Gasteiger partial charge is 0.338 e. The van der Waals surface area contributed by atoms with Gasteiger partial charge >= 0.3 is 5.97 Å². The summed E-state index contributed by atoms with van der Waals surface area (Å²) in [4.78, 5) is 19.5. The lowest BCUT2D eigenvalue weighted by molar-refractivity contribution is -0.139. The number of hydrogen-bond donors (Lipinski definition) is 0. The van der Waals surface area contributed by atoms with Crippen LogP contribution in [-0.2, 0) is 16.1 Å². The number of allylic oxidation sites excluding steroid dienone is 1. The normalized spacial score (nSPS) is 16.8. The fraction of sp³-hybridized carbons (Fsp3) is 0.214. The number of nitrogens with zero attached hydrogens (tertiary/aromatic N) is 2. The van der Waals surface area contributed by atoms with Crippen molar-refractivity contribution < 1.29 is 19.0 Å². The number of rotatable bonds is 7. The standard InChI is InChI=1S/C28H26N2O4S/c1-4-33-27(31)25-18(2)29-28-30(14-15-35-28)26(25)20-12-13-23(24(16-20)32-3)34-17-21-10-7-9-19-8-5-6-11-22(19)21/h5-16,26H,4,17H2,1-3H3. The summed E-state index contributed by atoms with van der Waals surface area (Å²) < 4.78 is 17.3. The highest BCUT2D eigenvalue weighted by molar-refractivity contribution is 8.16. The molecule has 0 saturated carbocycles. The van der Waals surface area contributed by atoms with Crippen LogP contribution in [0.15, 0.2) is 88.5 Å². The number of esters is 1. The summed E-state index contributed by atoms with van der Waals surface area (Å²) in [5.41, 5.74) is 3.17. The van der Waals surface area contributed by atoms with Gasteiger partial charge in [-0.2, -0.15) is 0 Å². The van der Waals surface area contributed by atoms with Crippen LogP contribution in [0.25, 0.3) is 10.8 Å². The second-order valence-electron chi connectivity index (χ2n) is 8.16. The van der Waals surface area contributed by atoms with E-state index >= 15 is 0 Å². The number of aliphatic imine (C=N–C) groups is 1. The van der Waals surface area contributed by atoms with Crippen LogP contribution in [0.4, 0.5) is 0 Å². The van der Waals surface area contributed by atoms with E-state index in [1.54, 1.807) is 14.0 Å². The number of carbonyl (C=O) groups is 1. The molecule has 0 saturated heterocycles. The SMILES string of the molecule is CCOC(=O)C1=C(C)N=C2SC=CN2C1c1ccc(OCc2cccc3ccccc23)c(OC)c1. The monoisotopic (exact) mass is 486 g/mol. The van der Waals surface area contributed by atoms with Crippen molar-refractivity contribution in [2.75, 3.05) is 13.7 Å². The number of fused-ring (bicyclic) bond motifs is 2. The first kappa shape index (κ1) is 23.1. The topological polar surface area (TPSA) is 60.4 Å². The van der Waals surface area contributed by atoms with E-state index in [-0.39, 0.29) is 12.0 Å². The molecular formula is C28H26N2O4S. The van der Waals surface area contributed by atoms with Gasteiger partial charge in [-0.15, -0.1) is 0 Å². The Morgan fingerprint density at radius 1 is 1.09 bits per heavy atom. The Kier molecular flexibility index (Phi) is 6.51. The molecule has 178 valence electrons. The lowest BCUT2D eigenvalue weighted by atomic mass is 9.94. The molecule has 35 heavy (non-hydrogen) atoms. The first-order valence-electron chi connectivity index (χ1n) is 11.5. The number of amidine groups is 1. The van der Waals surface area contributed by atoms with E-state index < -0.39 is 0 Å². The van der Waals surface area contributed by atoms with Crippen LogP contribution in [0.5, 0.6) is 11.5 Å². The highest BCUT2D eigenvalue weighted by atomic mass is 32.2. The van der Waals surface area contributed by atoms with Gasteiger partial charge < -0.3 is 19.1 Å². The average Bonchev–Trinajstić information content (AvgIpc) is 3.34. The highest BCUT2D eigenvalue weighted by Gasteiger charge is 2.37. The molecule has 0 radical (unpaired) electrons. The summed E-state index contributed by atoms with van der Waals surface area (Å²) in [6.45, 7) is 4.36. The lowest BCUT2D eigenvalue weighted by Gasteiger charge is -2.33. The Labute approximate surface area is 208 Å². The van der Waals surface area contributed by atoms with Crippen molar-refractivity contribution in [3.63, 3.8) is 0 Å². The third-order valence-corrected chi connectivity index (χ3v) is 6.85. The molecule has 2 aliphatic heterocycles. The van der Waals surface area contributed by atoms with E-state index in [9.17, 15) is 4.79 Å². The largest absolute Gasteiger partial charge is 0.493 e. The lowest BCUT2D eigenvalue weighted by Crippen LogP contribution is -2.34. The molecule has 3 aromatic rings. The van der Waals surface area contributed by atoms with Gasteiger partial charge in [-0.05, 0) is 53.3 Å². The maximum absolute atomic E-state index is 12.9. The Balaban J connectivity index is 1.46. The van der Waals surface area contributed by atoms with Crippen LogP contribution in [-0.4, -0.2) is 29.8 Å². The average molecular weight is 487 g/mol. The molecule has 0 bridgehead atoms. The predicted molar refractivity (Wildman–Crippen MR) is 139 cm³/mol. The molecular weight excluding hydrogens is 460 g/mol. The van der Waals surface area contributed by atoms with Gasteiger partial charge in [0, 0.05) is 6.20 Å². The Morgan fingerprint density at radius 2 is 1.91 bits per heavy atom. The molecule has 1 unspecified atom stereocenters. The van der Waals surface area contributed by atoms with Gasteiger partial charge in [0.25, 0.3) is 0 Å². The minimum absolute atomic E-state index is 0.299. The van der Waals surface area contributed by atoms with Crippen LogP contribution < -0.4 is 9.47 Å². The molecule has 0 fully saturated rings. The number of thioether (sulfide) groups is 1. The minimum atomic E-state index is -0.367. The summed E-state index contributed by atoms with van der Waals surface area (Å²) in [6.07, 6.45) is 1.94. The van der Waals surface area contributed by atoms with Gasteiger partial charge in [-0.25, -0.2) is 9.79 Å². The highest BCUT2D eigenvalue weighted by Crippen LogP contribution is 2.43. The Morgan fingerprint density at radius 3 is 2.74 bits per heavy atom. The van der Waals surface area contributed by atoms with Crippen molar-refractivity contribution in [1.29, 1.82) is 0 Å². The van der Waals surface area contributed by atoms with Crippen molar-refractivity contribution in [2.24, 2.45) is 4.99 Å². The number of carbonyl (C=O) groups excluding carboxylic acids is 1. The zero-order chi connectivity index (χ0) is 24.4. The van der Waals surface area contributed by atoms with Gasteiger partial charge in [0.2, 0.25) is 0 Å². The Bertz CT molecular complexity index is 1370. The van der Waals surface area contributed by atoms with E-state index in [1.165, 1.54) is 17.1 Å². The molecule has 2 heterocycles. The van der Waals surface area contributed by atoms with Crippen molar-refractivity contribution in [3.05, 3.63) is 94.7 Å². The van der Waals surface area contributed by atoms with E-state index in [1.807, 2.05) is 59.8 Å². The second kappa shape index (κ2) is 9.88. The van der Waals surface area contributed by atoms with Gasteiger partial charge in [0.05, 0.1) is 31.0 Å².